The van der Waals surface area contributed by atoms with Gasteiger partial charge in [-0.1, -0.05) is 24.8 Å². The highest BCUT2D eigenvalue weighted by molar-refractivity contribution is 6.04. The fourth-order valence-electron chi connectivity index (χ4n) is 3.70. The number of anilines is 1. The highest BCUT2D eigenvalue weighted by Gasteiger charge is 2.23. The van der Waals surface area contributed by atoms with Crippen molar-refractivity contribution in [2.45, 2.75) is 32.9 Å². The van der Waals surface area contributed by atoms with Gasteiger partial charge in [0.25, 0.3) is 5.91 Å². The quantitative estimate of drug-likeness (QED) is 0.577. The normalized spacial score (nSPS) is 12.9. The van der Waals surface area contributed by atoms with Crippen molar-refractivity contribution in [1.82, 2.24) is 24.6 Å². The van der Waals surface area contributed by atoms with E-state index in [1.54, 1.807) is 23.4 Å². The molecule has 1 aliphatic heterocycles. The van der Waals surface area contributed by atoms with Crippen molar-refractivity contribution >= 4 is 17.8 Å². The fraction of sp³-hybridized carbons (Fsp3) is 0.292. The molecule has 0 radical (unpaired) electrons. The fourth-order valence-corrected chi connectivity index (χ4v) is 3.70. The largest absolute Gasteiger partial charge is 0.445 e. The lowest BCUT2D eigenvalue weighted by Gasteiger charge is -2.28. The number of amides is 2. The van der Waals surface area contributed by atoms with E-state index in [2.05, 4.69) is 27.1 Å². The minimum Gasteiger partial charge on any atom is -0.445 e. The third-order valence-electron chi connectivity index (χ3n) is 5.41. The molecule has 0 saturated carbocycles. The molecule has 33 heavy (non-hydrogen) atoms. The van der Waals surface area contributed by atoms with Crippen LogP contribution < -0.4 is 5.32 Å². The first kappa shape index (κ1) is 22.2. The van der Waals surface area contributed by atoms with Crippen LogP contribution in [0.25, 0.3) is 11.5 Å². The second-order valence-electron chi connectivity index (χ2n) is 8.04. The highest BCUT2D eigenvalue weighted by Crippen LogP contribution is 2.23. The van der Waals surface area contributed by atoms with Gasteiger partial charge in [-0.15, -0.1) is 10.2 Å². The van der Waals surface area contributed by atoms with Crippen LogP contribution in [0.15, 0.2) is 55.4 Å². The molecule has 170 valence electrons. The number of nitrogens with one attached hydrogen (secondary N) is 1. The van der Waals surface area contributed by atoms with E-state index in [-0.39, 0.29) is 24.6 Å². The average Bonchev–Trinajstić information content (AvgIpc) is 3.32. The highest BCUT2D eigenvalue weighted by atomic mass is 16.6. The van der Waals surface area contributed by atoms with E-state index in [0.717, 1.165) is 11.1 Å². The van der Waals surface area contributed by atoms with Crippen LogP contribution in [0.4, 0.5) is 10.6 Å². The predicted molar refractivity (Wildman–Crippen MR) is 124 cm³/mol. The Balaban J connectivity index is 1.49. The Labute approximate surface area is 192 Å². The molecular formula is C24H26N6O3. The van der Waals surface area contributed by atoms with Gasteiger partial charge in [0, 0.05) is 24.7 Å². The summed E-state index contributed by atoms with van der Waals surface area (Å²) in [7, 11) is 0. The summed E-state index contributed by atoms with van der Waals surface area (Å²) in [4.78, 5) is 31.3. The molecule has 0 aliphatic carbocycles. The number of aromatic nitrogens is 4. The molecule has 1 aromatic carbocycles. The van der Waals surface area contributed by atoms with E-state index in [4.69, 9.17) is 4.74 Å². The zero-order valence-electron chi connectivity index (χ0n) is 18.7. The number of carbonyl (C=O) groups excluding carboxylic acids is 2. The number of nitrogens with zero attached hydrogens (tertiary/aromatic N) is 5. The summed E-state index contributed by atoms with van der Waals surface area (Å²) >= 11 is 0. The Morgan fingerprint density at radius 2 is 2.09 bits per heavy atom. The van der Waals surface area contributed by atoms with Crippen molar-refractivity contribution in [3.63, 3.8) is 0 Å². The van der Waals surface area contributed by atoms with Crippen LogP contribution >= 0.6 is 0 Å². The summed E-state index contributed by atoms with van der Waals surface area (Å²) in [6, 6.07) is 11.1. The number of fused-ring (bicyclic) bond motifs is 1. The number of ether oxygens (including phenoxy) is 1. The molecule has 9 nitrogen and oxygen atoms in total. The molecule has 0 spiro atoms. The number of rotatable bonds is 6. The Bertz CT molecular complexity index is 1190. The van der Waals surface area contributed by atoms with Crippen molar-refractivity contribution in [3.05, 3.63) is 72.1 Å². The number of benzene rings is 1. The van der Waals surface area contributed by atoms with Crippen LogP contribution in [-0.4, -0.2) is 49.8 Å². The second-order valence-corrected chi connectivity index (χ2v) is 8.04. The van der Waals surface area contributed by atoms with E-state index in [1.807, 2.05) is 42.7 Å². The molecule has 1 aliphatic rings. The smallest absolute Gasteiger partial charge is 0.410 e. The number of hydrogen-bond donors (Lipinski definition) is 1. The summed E-state index contributed by atoms with van der Waals surface area (Å²) in [6.07, 6.45) is 3.52. The lowest BCUT2D eigenvalue weighted by atomic mass is 9.97. The molecule has 2 aromatic heterocycles. The number of pyridine rings is 1. The SMILES string of the molecule is C=CCOC(=O)N1CCc2ccc(C(=O)Nc3cccc(-c4nncn4C(C)C)n3)cc2C1. The summed E-state index contributed by atoms with van der Waals surface area (Å²) in [5.41, 5.74) is 3.16. The third kappa shape index (κ3) is 4.92. The minimum absolute atomic E-state index is 0.171. The maximum Gasteiger partial charge on any atom is 0.410 e. The van der Waals surface area contributed by atoms with E-state index < -0.39 is 0 Å². The van der Waals surface area contributed by atoms with Crippen LogP contribution in [0.1, 0.15) is 41.4 Å². The van der Waals surface area contributed by atoms with Gasteiger partial charge in [0.15, 0.2) is 5.82 Å². The Kier molecular flexibility index (Phi) is 6.48. The van der Waals surface area contributed by atoms with Gasteiger partial charge in [-0.2, -0.15) is 0 Å². The van der Waals surface area contributed by atoms with Crippen LogP contribution in [-0.2, 0) is 17.7 Å². The molecule has 0 fully saturated rings. The molecule has 0 saturated heterocycles. The van der Waals surface area contributed by atoms with Crippen LogP contribution in [0.3, 0.4) is 0 Å². The second kappa shape index (κ2) is 9.64. The van der Waals surface area contributed by atoms with Gasteiger partial charge in [0.1, 0.15) is 24.4 Å². The monoisotopic (exact) mass is 446 g/mol. The van der Waals surface area contributed by atoms with Gasteiger partial charge in [-0.05, 0) is 55.7 Å². The summed E-state index contributed by atoms with van der Waals surface area (Å²) in [5, 5.41) is 11.0. The van der Waals surface area contributed by atoms with Gasteiger partial charge >= 0.3 is 6.09 Å². The van der Waals surface area contributed by atoms with Crippen molar-refractivity contribution in [2.24, 2.45) is 0 Å². The average molecular weight is 447 g/mol. The zero-order valence-corrected chi connectivity index (χ0v) is 18.7. The third-order valence-corrected chi connectivity index (χ3v) is 5.41. The molecule has 4 rings (SSSR count). The van der Waals surface area contributed by atoms with E-state index in [1.165, 1.54) is 6.08 Å². The van der Waals surface area contributed by atoms with Crippen molar-refractivity contribution in [3.8, 4) is 11.5 Å². The zero-order chi connectivity index (χ0) is 23.4. The molecular weight excluding hydrogens is 420 g/mol. The van der Waals surface area contributed by atoms with Crippen molar-refractivity contribution in [2.75, 3.05) is 18.5 Å². The van der Waals surface area contributed by atoms with E-state index >= 15 is 0 Å². The minimum atomic E-state index is -0.384. The predicted octanol–water partition coefficient (Wildman–Crippen LogP) is 3.85. The lowest BCUT2D eigenvalue weighted by Crippen LogP contribution is -2.36. The molecule has 9 heteroatoms. The van der Waals surface area contributed by atoms with Crippen LogP contribution in [0.2, 0.25) is 0 Å². The van der Waals surface area contributed by atoms with Crippen LogP contribution in [0, 0.1) is 0 Å². The maximum absolute atomic E-state index is 12.9. The number of hydrogen-bond acceptors (Lipinski definition) is 6. The van der Waals surface area contributed by atoms with Gasteiger partial charge in [-0.25, -0.2) is 9.78 Å². The van der Waals surface area contributed by atoms with Crippen molar-refractivity contribution < 1.29 is 14.3 Å². The molecule has 2 amide bonds. The summed E-state index contributed by atoms with van der Waals surface area (Å²) in [6.45, 7) is 8.77. The van der Waals surface area contributed by atoms with Gasteiger partial charge in [0.2, 0.25) is 0 Å². The van der Waals surface area contributed by atoms with Gasteiger partial charge in [-0.3, -0.25) is 4.79 Å². The van der Waals surface area contributed by atoms with E-state index in [9.17, 15) is 9.59 Å². The Morgan fingerprint density at radius 3 is 2.88 bits per heavy atom. The first-order valence-electron chi connectivity index (χ1n) is 10.8. The topological polar surface area (TPSA) is 102 Å². The summed E-state index contributed by atoms with van der Waals surface area (Å²) < 4.78 is 7.06. The summed E-state index contributed by atoms with van der Waals surface area (Å²) in [5.74, 6) is 0.778. The molecule has 0 atom stereocenters. The first-order chi connectivity index (χ1) is 16.0. The Hall–Kier alpha value is -4.01. The lowest BCUT2D eigenvalue weighted by molar-refractivity contribution is 0.102. The molecule has 1 N–H and O–H groups in total. The van der Waals surface area contributed by atoms with Crippen molar-refractivity contribution in [1.29, 1.82) is 0 Å². The standard InChI is InChI=1S/C24H26N6O3/c1-4-12-33-24(32)29-11-10-17-8-9-18(13-19(17)14-29)23(31)27-21-7-5-6-20(26-21)22-28-25-15-30(22)16(2)3/h4-9,13,15-16H,1,10-12,14H2,2-3H3,(H,26,27,31). The van der Waals surface area contributed by atoms with Gasteiger partial charge in [0.05, 0.1) is 0 Å². The molecule has 0 unspecified atom stereocenters. The van der Waals surface area contributed by atoms with Gasteiger partial charge < -0.3 is 19.5 Å². The molecule has 3 aromatic rings. The molecule has 0 bridgehead atoms. The van der Waals surface area contributed by atoms with E-state index in [0.29, 0.717) is 42.4 Å². The molecule has 3 heterocycles. The number of carbonyl (C=O) groups is 2. The first-order valence-corrected chi connectivity index (χ1v) is 10.8. The Morgan fingerprint density at radius 1 is 1.24 bits per heavy atom. The maximum atomic E-state index is 12.9. The van der Waals surface area contributed by atoms with Crippen LogP contribution in [0.5, 0.6) is 0 Å².